The fourth-order valence-corrected chi connectivity index (χ4v) is 6.89. The number of ether oxygens (including phenoxy) is 1. The van der Waals surface area contributed by atoms with Gasteiger partial charge >= 0.3 is 11.9 Å². The van der Waals surface area contributed by atoms with Crippen molar-refractivity contribution in [3.63, 3.8) is 0 Å². The van der Waals surface area contributed by atoms with E-state index in [1.165, 1.54) is 6.92 Å². The SMILES string of the molecule is CC(=O)OC1(c2ccccc2C(=O)ON2C(C)(C)CCCC2(C)C)CC(C)(C)NC(C)(C)C1.c1ccccc1. The van der Waals surface area contributed by atoms with E-state index < -0.39 is 11.6 Å². The number of hydrogen-bond donors (Lipinski definition) is 1. The molecule has 2 aliphatic heterocycles. The first-order chi connectivity index (χ1) is 18.0. The van der Waals surface area contributed by atoms with Crippen LogP contribution >= 0.6 is 0 Å². The summed E-state index contributed by atoms with van der Waals surface area (Å²) in [7, 11) is 0. The molecule has 2 aromatic rings. The monoisotopic (exact) mass is 536 g/mol. The number of rotatable bonds is 4. The average Bonchev–Trinajstić information content (AvgIpc) is 2.80. The third kappa shape index (κ3) is 7.70. The van der Waals surface area contributed by atoms with Crippen molar-refractivity contribution in [3.8, 4) is 0 Å². The zero-order valence-electron chi connectivity index (χ0n) is 25.4. The van der Waals surface area contributed by atoms with Gasteiger partial charge in [0.15, 0.2) is 0 Å². The van der Waals surface area contributed by atoms with Crippen LogP contribution in [-0.4, -0.2) is 39.2 Å². The van der Waals surface area contributed by atoms with Crippen LogP contribution in [0.4, 0.5) is 0 Å². The minimum Gasteiger partial charge on any atom is -0.454 e. The van der Waals surface area contributed by atoms with Gasteiger partial charge in [0.2, 0.25) is 0 Å². The Kier molecular flexibility index (Phi) is 9.03. The molecule has 4 rings (SSSR count). The van der Waals surface area contributed by atoms with Crippen molar-refractivity contribution in [1.82, 2.24) is 10.4 Å². The van der Waals surface area contributed by atoms with E-state index in [2.05, 4.69) is 60.7 Å². The van der Waals surface area contributed by atoms with Crippen LogP contribution in [-0.2, 0) is 20.0 Å². The molecular weight excluding hydrogens is 488 g/mol. The molecule has 0 aromatic heterocycles. The zero-order chi connectivity index (χ0) is 29.1. The van der Waals surface area contributed by atoms with E-state index >= 15 is 0 Å². The molecule has 0 unspecified atom stereocenters. The van der Waals surface area contributed by atoms with Gasteiger partial charge in [-0.1, -0.05) is 54.6 Å². The highest BCUT2D eigenvalue weighted by Gasteiger charge is 2.52. The third-order valence-corrected chi connectivity index (χ3v) is 7.63. The predicted molar refractivity (Wildman–Crippen MR) is 156 cm³/mol. The number of piperidine rings is 2. The Labute approximate surface area is 235 Å². The second-order valence-electron chi connectivity index (χ2n) is 13.7. The van der Waals surface area contributed by atoms with Gasteiger partial charge < -0.3 is 14.9 Å². The molecule has 1 N–H and O–H groups in total. The predicted octanol–water partition coefficient (Wildman–Crippen LogP) is 7.19. The quantitative estimate of drug-likeness (QED) is 0.417. The topological polar surface area (TPSA) is 67.9 Å². The molecule has 39 heavy (non-hydrogen) atoms. The highest BCUT2D eigenvalue weighted by atomic mass is 16.7. The normalized spacial score (nSPS) is 22.5. The van der Waals surface area contributed by atoms with E-state index in [1.54, 1.807) is 6.07 Å². The molecule has 6 nitrogen and oxygen atoms in total. The Balaban J connectivity index is 0.000000617. The first-order valence-corrected chi connectivity index (χ1v) is 14.1. The molecule has 2 aliphatic rings. The van der Waals surface area contributed by atoms with E-state index in [-0.39, 0.29) is 28.1 Å². The van der Waals surface area contributed by atoms with E-state index in [4.69, 9.17) is 9.57 Å². The average molecular weight is 537 g/mol. The second kappa shape index (κ2) is 11.4. The van der Waals surface area contributed by atoms with Gasteiger partial charge in [-0.25, -0.2) is 4.79 Å². The van der Waals surface area contributed by atoms with Gasteiger partial charge in [-0.15, -0.1) is 5.06 Å². The van der Waals surface area contributed by atoms with Crippen molar-refractivity contribution >= 4 is 11.9 Å². The lowest BCUT2D eigenvalue weighted by Crippen LogP contribution is -2.63. The van der Waals surface area contributed by atoms with Gasteiger partial charge in [-0.2, -0.15) is 0 Å². The van der Waals surface area contributed by atoms with Crippen molar-refractivity contribution in [3.05, 3.63) is 71.8 Å². The highest BCUT2D eigenvalue weighted by molar-refractivity contribution is 5.91. The van der Waals surface area contributed by atoms with E-state index in [0.29, 0.717) is 24.0 Å². The number of carbonyl (C=O) groups excluding carboxylic acids is 2. The van der Waals surface area contributed by atoms with E-state index in [0.717, 1.165) is 19.3 Å². The highest BCUT2D eigenvalue weighted by Crippen LogP contribution is 2.47. The van der Waals surface area contributed by atoms with Gasteiger partial charge in [0, 0.05) is 36.4 Å². The van der Waals surface area contributed by atoms with Gasteiger partial charge in [-0.3, -0.25) is 4.79 Å². The standard InChI is InChI=1S/C27H42N2O4.C6H6/c1-19(30)32-27(17-23(2,3)28-24(4,5)18-27)21-14-11-10-13-20(21)22(31)33-29-25(6,7)15-12-16-26(29,8)9;1-2-4-6-5-3-1/h10-11,13-14,28H,12,15-18H2,1-9H3;1-6H. The molecule has 2 heterocycles. The summed E-state index contributed by atoms with van der Waals surface area (Å²) in [5.41, 5.74) is -0.912. The number of esters is 1. The molecule has 6 heteroatoms. The van der Waals surface area contributed by atoms with Crippen LogP contribution in [0.5, 0.6) is 0 Å². The van der Waals surface area contributed by atoms with Crippen LogP contribution in [0.25, 0.3) is 0 Å². The fourth-order valence-electron chi connectivity index (χ4n) is 6.89. The van der Waals surface area contributed by atoms with Crippen molar-refractivity contribution in [1.29, 1.82) is 0 Å². The van der Waals surface area contributed by atoms with Crippen molar-refractivity contribution in [2.24, 2.45) is 0 Å². The Morgan fingerprint density at radius 1 is 0.744 bits per heavy atom. The van der Waals surface area contributed by atoms with Gasteiger partial charge in [-0.05, 0) is 80.7 Å². The lowest BCUT2D eigenvalue weighted by molar-refractivity contribution is -0.241. The lowest BCUT2D eigenvalue weighted by Gasteiger charge is -2.52. The minimum atomic E-state index is -0.938. The maximum atomic E-state index is 13.7. The maximum absolute atomic E-state index is 13.7. The molecule has 0 bridgehead atoms. The van der Waals surface area contributed by atoms with Crippen LogP contribution in [0.1, 0.15) is 110 Å². The number of carbonyl (C=O) groups is 2. The zero-order valence-corrected chi connectivity index (χ0v) is 25.4. The second-order valence-corrected chi connectivity index (χ2v) is 13.7. The Hall–Kier alpha value is -2.70. The van der Waals surface area contributed by atoms with Crippen LogP contribution in [0.2, 0.25) is 0 Å². The molecule has 0 spiro atoms. The van der Waals surface area contributed by atoms with E-state index in [1.807, 2.05) is 59.7 Å². The lowest BCUT2D eigenvalue weighted by atomic mass is 9.69. The molecule has 214 valence electrons. The Morgan fingerprint density at radius 2 is 1.21 bits per heavy atom. The summed E-state index contributed by atoms with van der Waals surface area (Å²) in [6.45, 7) is 18.3. The van der Waals surface area contributed by atoms with Gasteiger partial charge in [0.1, 0.15) is 5.60 Å². The number of nitrogens with zero attached hydrogens (tertiary/aromatic N) is 1. The summed E-state index contributed by atoms with van der Waals surface area (Å²) in [4.78, 5) is 32.1. The Morgan fingerprint density at radius 3 is 1.67 bits per heavy atom. The summed E-state index contributed by atoms with van der Waals surface area (Å²) in [6, 6.07) is 19.4. The summed E-state index contributed by atoms with van der Waals surface area (Å²) in [5.74, 6) is -0.765. The number of nitrogens with one attached hydrogen (secondary N) is 1. The number of hydroxylamine groups is 2. The smallest absolute Gasteiger partial charge is 0.357 e. The summed E-state index contributed by atoms with van der Waals surface area (Å²) in [5, 5.41) is 5.52. The van der Waals surface area contributed by atoms with Gasteiger partial charge in [0.05, 0.1) is 16.6 Å². The first-order valence-electron chi connectivity index (χ1n) is 14.1. The van der Waals surface area contributed by atoms with E-state index in [9.17, 15) is 9.59 Å². The largest absolute Gasteiger partial charge is 0.454 e. The molecule has 0 amide bonds. The Bertz CT molecular complexity index is 1080. The van der Waals surface area contributed by atoms with Gasteiger partial charge in [0.25, 0.3) is 0 Å². The molecular formula is C33H48N2O4. The summed E-state index contributed by atoms with van der Waals surface area (Å²) < 4.78 is 6.10. The molecule has 2 aromatic carbocycles. The molecule has 2 saturated heterocycles. The van der Waals surface area contributed by atoms with Crippen LogP contribution in [0.15, 0.2) is 60.7 Å². The molecule has 2 fully saturated rings. The molecule has 0 radical (unpaired) electrons. The minimum absolute atomic E-state index is 0.265. The molecule has 0 saturated carbocycles. The van der Waals surface area contributed by atoms with Crippen molar-refractivity contribution in [2.45, 2.75) is 122 Å². The van der Waals surface area contributed by atoms with Crippen LogP contribution in [0.3, 0.4) is 0 Å². The third-order valence-electron chi connectivity index (χ3n) is 7.63. The van der Waals surface area contributed by atoms with Crippen LogP contribution in [0, 0.1) is 0 Å². The van der Waals surface area contributed by atoms with Crippen LogP contribution < -0.4 is 5.32 Å². The first kappa shape index (κ1) is 30.8. The molecule has 0 atom stereocenters. The fraction of sp³-hybridized carbons (Fsp3) is 0.576. The summed E-state index contributed by atoms with van der Waals surface area (Å²) in [6.07, 6.45) is 4.10. The summed E-state index contributed by atoms with van der Waals surface area (Å²) >= 11 is 0. The van der Waals surface area contributed by atoms with Crippen molar-refractivity contribution < 1.29 is 19.2 Å². The molecule has 0 aliphatic carbocycles. The number of hydrogen-bond acceptors (Lipinski definition) is 6. The number of benzene rings is 2. The van der Waals surface area contributed by atoms with Crippen molar-refractivity contribution in [2.75, 3.05) is 0 Å². The maximum Gasteiger partial charge on any atom is 0.357 e.